The van der Waals surface area contributed by atoms with Gasteiger partial charge in [0.1, 0.15) is 4.92 Å². The van der Waals surface area contributed by atoms with Crippen molar-refractivity contribution in [3.63, 3.8) is 0 Å². The Labute approximate surface area is 87.7 Å². The molecule has 0 saturated carbocycles. The molecular weight excluding hydrogens is 220 g/mol. The molecule has 0 spiro atoms. The number of nitrogens with two attached hydrogens (primary N) is 1. The third-order valence-corrected chi connectivity index (χ3v) is 2.59. The van der Waals surface area contributed by atoms with Gasteiger partial charge in [-0.15, -0.1) is 0 Å². The van der Waals surface area contributed by atoms with Crippen molar-refractivity contribution >= 4 is 22.4 Å². The molecule has 0 radical (unpaired) electrons. The van der Waals surface area contributed by atoms with Crippen molar-refractivity contribution in [1.82, 2.24) is 4.98 Å². The van der Waals surface area contributed by atoms with E-state index in [4.69, 9.17) is 10.3 Å². The summed E-state index contributed by atoms with van der Waals surface area (Å²) in [5.41, 5.74) is 2.38. The van der Waals surface area contributed by atoms with Gasteiger partial charge in [0, 0.05) is 0 Å². The third-order valence-electron chi connectivity index (χ3n) is 1.64. The second-order valence-electron chi connectivity index (χ2n) is 2.57. The number of hydrogen-bond acceptors (Lipinski definition) is 7. The van der Waals surface area contributed by atoms with Crippen LogP contribution in [0.3, 0.4) is 0 Å². The van der Waals surface area contributed by atoms with Gasteiger partial charge in [-0.3, -0.25) is 15.5 Å². The molecule has 0 atom stereocenters. The summed E-state index contributed by atoms with van der Waals surface area (Å²) in [6.07, 6.45) is 1.53. The van der Waals surface area contributed by atoms with Crippen LogP contribution in [0.2, 0.25) is 0 Å². The van der Waals surface area contributed by atoms with Crippen molar-refractivity contribution in [2.45, 2.75) is 0 Å². The molecule has 0 bridgehead atoms. The van der Waals surface area contributed by atoms with E-state index in [0.717, 1.165) is 0 Å². The Balaban J connectivity index is 2.32. The van der Waals surface area contributed by atoms with Crippen LogP contribution in [-0.2, 0) is 0 Å². The van der Waals surface area contributed by atoms with Crippen molar-refractivity contribution < 1.29 is 9.34 Å². The molecule has 2 aromatic rings. The summed E-state index contributed by atoms with van der Waals surface area (Å²) >= 11 is 1.25. The zero-order valence-electron chi connectivity index (χ0n) is 7.34. The van der Waals surface area contributed by atoms with Crippen molar-refractivity contribution in [2.75, 3.05) is 5.43 Å². The summed E-state index contributed by atoms with van der Waals surface area (Å²) in [6, 6.07) is 2.82. The molecule has 7 nitrogen and oxygen atoms in total. The van der Waals surface area contributed by atoms with Crippen molar-refractivity contribution in [3.05, 3.63) is 28.4 Å². The lowest BCUT2D eigenvalue weighted by atomic mass is 10.4. The third kappa shape index (κ3) is 1.80. The molecule has 0 unspecified atom stereocenters. The maximum Gasteiger partial charge on any atom is 0.433 e. The Morgan fingerprint density at radius 2 is 2.40 bits per heavy atom. The van der Waals surface area contributed by atoms with Crippen LogP contribution >= 0.6 is 11.3 Å². The van der Waals surface area contributed by atoms with Gasteiger partial charge in [-0.1, -0.05) is 11.3 Å². The lowest BCUT2D eigenvalue weighted by Gasteiger charge is -1.88. The minimum absolute atomic E-state index is 0.291. The number of hydrazine groups is 1. The highest BCUT2D eigenvalue weighted by Crippen LogP contribution is 2.31. The van der Waals surface area contributed by atoms with Crippen LogP contribution in [-0.4, -0.2) is 9.91 Å². The van der Waals surface area contributed by atoms with Gasteiger partial charge >= 0.3 is 5.88 Å². The maximum atomic E-state index is 10.4. The van der Waals surface area contributed by atoms with Crippen LogP contribution in [0.5, 0.6) is 0 Å². The van der Waals surface area contributed by atoms with Crippen LogP contribution in [0.1, 0.15) is 0 Å². The van der Waals surface area contributed by atoms with Gasteiger partial charge in [0.15, 0.2) is 10.9 Å². The highest BCUT2D eigenvalue weighted by molar-refractivity contribution is 7.18. The van der Waals surface area contributed by atoms with Gasteiger partial charge < -0.3 is 4.42 Å². The van der Waals surface area contributed by atoms with Crippen molar-refractivity contribution in [2.24, 2.45) is 5.84 Å². The van der Waals surface area contributed by atoms with E-state index in [1.54, 1.807) is 0 Å². The monoisotopic (exact) mass is 226 g/mol. The van der Waals surface area contributed by atoms with Crippen LogP contribution in [0.15, 0.2) is 22.7 Å². The van der Waals surface area contributed by atoms with E-state index in [1.807, 2.05) is 0 Å². The minimum atomic E-state index is -0.591. The van der Waals surface area contributed by atoms with Crippen LogP contribution in [0.25, 0.3) is 10.6 Å². The first-order valence-corrected chi connectivity index (χ1v) is 4.69. The molecule has 0 aliphatic rings. The number of aromatic nitrogens is 1. The Hall–Kier alpha value is -1.93. The smallest absolute Gasteiger partial charge is 0.400 e. The Morgan fingerprint density at radius 3 is 2.93 bits per heavy atom. The number of thiazole rings is 1. The zero-order chi connectivity index (χ0) is 10.8. The van der Waals surface area contributed by atoms with Gasteiger partial charge in [0.05, 0.1) is 17.1 Å². The fourth-order valence-corrected chi connectivity index (χ4v) is 1.70. The second-order valence-corrected chi connectivity index (χ2v) is 3.60. The highest BCUT2D eigenvalue weighted by atomic mass is 32.1. The summed E-state index contributed by atoms with van der Waals surface area (Å²) in [5, 5.41) is 10.9. The minimum Gasteiger partial charge on any atom is -0.400 e. The largest absolute Gasteiger partial charge is 0.433 e. The van der Waals surface area contributed by atoms with Gasteiger partial charge in [-0.05, 0) is 6.07 Å². The maximum absolute atomic E-state index is 10.4. The molecule has 3 N–H and O–H groups in total. The number of hydrogen-bond donors (Lipinski definition) is 2. The fourth-order valence-electron chi connectivity index (χ4n) is 1.01. The Kier molecular flexibility index (Phi) is 2.35. The molecule has 0 fully saturated rings. The SMILES string of the molecule is NNc1ncc(-c2ccc([N+](=O)[O-])o2)s1. The standard InChI is InChI=1S/C7H6N4O3S/c8-10-7-9-3-5(15-7)4-1-2-6(14-4)11(12)13/h1-3H,8H2,(H,9,10). The predicted octanol–water partition coefficient (Wildman–Crippen LogP) is 1.60. The van der Waals surface area contributed by atoms with Crippen LogP contribution in [0.4, 0.5) is 11.0 Å². The van der Waals surface area contributed by atoms with E-state index in [2.05, 4.69) is 10.4 Å². The number of anilines is 1. The zero-order valence-corrected chi connectivity index (χ0v) is 8.15. The number of rotatable bonds is 3. The van der Waals surface area contributed by atoms with Crippen molar-refractivity contribution in [1.29, 1.82) is 0 Å². The summed E-state index contributed by atoms with van der Waals surface area (Å²) in [7, 11) is 0. The normalized spacial score (nSPS) is 10.2. The Bertz CT molecular complexity index is 492. The summed E-state index contributed by atoms with van der Waals surface area (Å²) in [6.45, 7) is 0. The van der Waals surface area contributed by atoms with E-state index >= 15 is 0 Å². The molecule has 0 amide bonds. The average molecular weight is 226 g/mol. The first kappa shape index (κ1) is 9.62. The van der Waals surface area contributed by atoms with Gasteiger partial charge in [-0.2, -0.15) is 0 Å². The quantitative estimate of drug-likeness (QED) is 0.467. The van der Waals surface area contributed by atoms with E-state index in [1.165, 1.54) is 29.7 Å². The number of nitro groups is 1. The number of nitrogens with one attached hydrogen (secondary N) is 1. The van der Waals surface area contributed by atoms with Crippen LogP contribution in [0, 0.1) is 10.1 Å². The summed E-state index contributed by atoms with van der Waals surface area (Å²) < 4.78 is 4.99. The van der Waals surface area contributed by atoms with Crippen molar-refractivity contribution in [3.8, 4) is 10.6 Å². The molecule has 8 heteroatoms. The Morgan fingerprint density at radius 1 is 1.60 bits per heavy atom. The first-order chi connectivity index (χ1) is 7.20. The van der Waals surface area contributed by atoms with E-state index < -0.39 is 4.92 Å². The molecule has 0 aromatic carbocycles. The lowest BCUT2D eigenvalue weighted by molar-refractivity contribution is -0.401. The van der Waals surface area contributed by atoms with E-state index in [9.17, 15) is 10.1 Å². The molecule has 0 saturated heterocycles. The molecule has 78 valence electrons. The van der Waals surface area contributed by atoms with E-state index in [-0.39, 0.29) is 5.88 Å². The predicted molar refractivity (Wildman–Crippen MR) is 54.3 cm³/mol. The molecule has 2 aromatic heterocycles. The number of nitrogen functional groups attached to an aromatic ring is 1. The second kappa shape index (κ2) is 3.67. The number of furan rings is 1. The molecule has 15 heavy (non-hydrogen) atoms. The summed E-state index contributed by atoms with van der Waals surface area (Å²) in [4.78, 5) is 14.4. The topological polar surface area (TPSA) is 107 Å². The molecular formula is C7H6N4O3S. The molecule has 0 aliphatic carbocycles. The van der Waals surface area contributed by atoms with E-state index in [0.29, 0.717) is 15.8 Å². The summed E-state index contributed by atoms with van der Waals surface area (Å²) in [5.74, 6) is 5.27. The molecule has 2 rings (SSSR count). The van der Waals surface area contributed by atoms with Crippen LogP contribution < -0.4 is 11.3 Å². The lowest BCUT2D eigenvalue weighted by Crippen LogP contribution is -2.05. The average Bonchev–Trinajstić information content (AvgIpc) is 2.86. The van der Waals surface area contributed by atoms with Gasteiger partial charge in [-0.25, -0.2) is 10.8 Å². The molecule has 2 heterocycles. The van der Waals surface area contributed by atoms with Gasteiger partial charge in [0.2, 0.25) is 0 Å². The highest BCUT2D eigenvalue weighted by Gasteiger charge is 2.14. The first-order valence-electron chi connectivity index (χ1n) is 3.88. The number of nitrogens with zero attached hydrogens (tertiary/aromatic N) is 2. The fraction of sp³-hybridized carbons (Fsp3) is 0. The van der Waals surface area contributed by atoms with Gasteiger partial charge in [0.25, 0.3) is 0 Å². The molecule has 0 aliphatic heterocycles.